The Morgan fingerprint density at radius 3 is 2.82 bits per heavy atom. The molecule has 3 aliphatic rings. The number of rotatable bonds is 3. The van der Waals surface area contributed by atoms with E-state index in [1.807, 2.05) is 26.8 Å². The molecule has 0 bridgehead atoms. The van der Waals surface area contributed by atoms with E-state index in [1.165, 1.54) is 11.3 Å². The number of carbonyl (C=O) groups excluding carboxylic acids is 2. The summed E-state index contributed by atoms with van der Waals surface area (Å²) in [5.41, 5.74) is 2.78. The van der Waals surface area contributed by atoms with Crippen molar-refractivity contribution in [1.29, 1.82) is 0 Å². The molecule has 2 fully saturated rings. The molecule has 7 nitrogen and oxygen atoms in total. The molecule has 28 heavy (non-hydrogen) atoms. The third-order valence-corrected chi connectivity index (χ3v) is 5.79. The smallest absolute Gasteiger partial charge is 0.412 e. The summed E-state index contributed by atoms with van der Waals surface area (Å²) in [6, 6.07) is 6.65. The second-order valence-electron chi connectivity index (χ2n) is 9.18. The molecule has 1 saturated carbocycles. The monoisotopic (exact) mass is 386 g/mol. The molecule has 3 unspecified atom stereocenters. The summed E-state index contributed by atoms with van der Waals surface area (Å²) < 4.78 is 5.33. The summed E-state index contributed by atoms with van der Waals surface area (Å²) in [6.07, 6.45) is 3.79. The largest absolute Gasteiger partial charge is 0.444 e. The van der Waals surface area contributed by atoms with Crippen LogP contribution in [0.2, 0.25) is 0 Å². The highest BCUT2D eigenvalue weighted by molar-refractivity contribution is 5.85. The number of ether oxygens (including phenoxy) is 1. The van der Waals surface area contributed by atoms with Gasteiger partial charge in [0.2, 0.25) is 0 Å². The summed E-state index contributed by atoms with van der Waals surface area (Å²) in [7, 11) is 0. The van der Waals surface area contributed by atoms with Gasteiger partial charge in [0.05, 0.1) is 12.1 Å². The van der Waals surface area contributed by atoms with Crippen LogP contribution in [0.25, 0.3) is 0 Å². The fourth-order valence-electron chi connectivity index (χ4n) is 4.60. The molecule has 0 radical (unpaired) electrons. The number of anilines is 2. The first-order chi connectivity index (χ1) is 13.3. The van der Waals surface area contributed by atoms with Crippen LogP contribution in [-0.4, -0.2) is 42.9 Å². The Balaban J connectivity index is 1.36. The Morgan fingerprint density at radius 2 is 2.04 bits per heavy atom. The minimum Gasteiger partial charge on any atom is -0.444 e. The van der Waals surface area contributed by atoms with Crippen LogP contribution in [0.3, 0.4) is 0 Å². The number of amides is 3. The quantitative estimate of drug-likeness (QED) is 0.745. The molecule has 4 rings (SSSR count). The van der Waals surface area contributed by atoms with Crippen LogP contribution in [0.5, 0.6) is 0 Å². The fourth-order valence-corrected chi connectivity index (χ4v) is 4.60. The van der Waals surface area contributed by atoms with Gasteiger partial charge in [-0.2, -0.15) is 0 Å². The van der Waals surface area contributed by atoms with E-state index in [0.29, 0.717) is 12.0 Å². The average molecular weight is 386 g/mol. The lowest BCUT2D eigenvalue weighted by atomic mass is 9.83. The lowest BCUT2D eigenvalue weighted by Gasteiger charge is -2.33. The van der Waals surface area contributed by atoms with Gasteiger partial charge in [0.25, 0.3) is 0 Å². The Bertz CT molecular complexity index is 773. The maximum Gasteiger partial charge on any atom is 0.412 e. The first-order valence-corrected chi connectivity index (χ1v) is 10.2. The van der Waals surface area contributed by atoms with Gasteiger partial charge in [-0.05, 0) is 76.1 Å². The number of hydrogen-bond donors (Lipinski definition) is 3. The second-order valence-corrected chi connectivity index (χ2v) is 9.18. The van der Waals surface area contributed by atoms with Gasteiger partial charge in [-0.1, -0.05) is 0 Å². The predicted octanol–water partition coefficient (Wildman–Crippen LogP) is 3.25. The molecule has 1 aliphatic carbocycles. The summed E-state index contributed by atoms with van der Waals surface area (Å²) in [4.78, 5) is 26.0. The Hall–Kier alpha value is -2.44. The van der Waals surface area contributed by atoms with Gasteiger partial charge in [-0.3, -0.25) is 5.32 Å². The highest BCUT2D eigenvalue weighted by atomic mass is 16.6. The van der Waals surface area contributed by atoms with Crippen molar-refractivity contribution in [3.63, 3.8) is 0 Å². The summed E-state index contributed by atoms with van der Waals surface area (Å²) in [5, 5.41) is 8.89. The zero-order valence-corrected chi connectivity index (χ0v) is 16.9. The first kappa shape index (κ1) is 18.9. The summed E-state index contributed by atoms with van der Waals surface area (Å²) in [5.74, 6) is 0.590. The maximum absolute atomic E-state index is 12.0. The molecule has 2 aliphatic heterocycles. The Kier molecular flexibility index (Phi) is 4.85. The van der Waals surface area contributed by atoms with E-state index in [-0.39, 0.29) is 12.1 Å². The number of hydrogen-bond acceptors (Lipinski definition) is 4. The van der Waals surface area contributed by atoms with Crippen molar-refractivity contribution in [2.24, 2.45) is 5.92 Å². The van der Waals surface area contributed by atoms with Crippen molar-refractivity contribution >= 4 is 23.5 Å². The zero-order valence-electron chi connectivity index (χ0n) is 16.9. The van der Waals surface area contributed by atoms with Crippen molar-refractivity contribution in [2.45, 2.75) is 64.1 Å². The lowest BCUT2D eigenvalue weighted by molar-refractivity contribution is 0.0636. The van der Waals surface area contributed by atoms with Crippen molar-refractivity contribution in [3.05, 3.63) is 23.8 Å². The Labute approximate surface area is 166 Å². The topological polar surface area (TPSA) is 82.7 Å². The number of nitrogens with zero attached hydrogens (tertiary/aromatic N) is 1. The molecule has 7 heteroatoms. The molecule has 2 heterocycles. The molecule has 0 spiro atoms. The van der Waals surface area contributed by atoms with Gasteiger partial charge >= 0.3 is 12.1 Å². The molecule has 3 atom stereocenters. The van der Waals surface area contributed by atoms with Crippen molar-refractivity contribution in [2.75, 3.05) is 23.3 Å². The molecule has 1 saturated heterocycles. The molecule has 3 N–H and O–H groups in total. The maximum atomic E-state index is 12.0. The third kappa shape index (κ3) is 4.18. The predicted molar refractivity (Wildman–Crippen MR) is 109 cm³/mol. The van der Waals surface area contributed by atoms with E-state index in [0.717, 1.165) is 44.5 Å². The molecule has 0 aromatic heterocycles. The van der Waals surface area contributed by atoms with Crippen LogP contribution in [-0.2, 0) is 11.2 Å². The standard InChI is InChI=1S/C21H30N4O3/c1-21(2,3)28-20(27)22-15-5-7-18-14(11-15)8-9-25(18)12-13-4-6-16-17(10-13)24-19(26)23-16/h5,7,11,13,16-17H,4,6,8-10,12H2,1-3H3,(H,22,27)(H2,23,24,26). The molecular formula is C21H30N4O3. The van der Waals surface area contributed by atoms with Crippen molar-refractivity contribution in [3.8, 4) is 0 Å². The first-order valence-electron chi connectivity index (χ1n) is 10.2. The van der Waals surface area contributed by atoms with Crippen LogP contribution < -0.4 is 20.9 Å². The number of fused-ring (bicyclic) bond motifs is 2. The van der Waals surface area contributed by atoms with Gasteiger partial charge in [-0.15, -0.1) is 0 Å². The summed E-state index contributed by atoms with van der Waals surface area (Å²) in [6.45, 7) is 7.58. The van der Waals surface area contributed by atoms with Gasteiger partial charge < -0.3 is 20.3 Å². The average Bonchev–Trinajstić information content (AvgIpc) is 3.15. The van der Waals surface area contributed by atoms with Gasteiger partial charge in [0.15, 0.2) is 0 Å². The lowest BCUT2D eigenvalue weighted by Crippen LogP contribution is -2.42. The number of nitrogens with one attached hydrogen (secondary N) is 3. The van der Waals surface area contributed by atoms with Crippen LogP contribution in [0.1, 0.15) is 45.6 Å². The highest BCUT2D eigenvalue weighted by Crippen LogP contribution is 2.34. The van der Waals surface area contributed by atoms with Gasteiger partial charge in [0, 0.05) is 24.5 Å². The minimum atomic E-state index is -0.509. The third-order valence-electron chi connectivity index (χ3n) is 5.79. The van der Waals surface area contributed by atoms with Crippen LogP contribution in [0.15, 0.2) is 18.2 Å². The van der Waals surface area contributed by atoms with Gasteiger partial charge in [-0.25, -0.2) is 9.59 Å². The normalized spacial score (nSPS) is 26.2. The van der Waals surface area contributed by atoms with E-state index in [4.69, 9.17) is 4.74 Å². The molecule has 3 amide bonds. The molecular weight excluding hydrogens is 356 g/mol. The van der Waals surface area contributed by atoms with Crippen molar-refractivity contribution < 1.29 is 14.3 Å². The SMILES string of the molecule is CC(C)(C)OC(=O)Nc1ccc2c(c1)CCN2CC1CCC2NC(=O)NC2C1. The number of urea groups is 1. The zero-order chi connectivity index (χ0) is 19.9. The number of carbonyl (C=O) groups is 2. The van der Waals surface area contributed by atoms with Gasteiger partial charge in [0.1, 0.15) is 5.60 Å². The van der Waals surface area contributed by atoms with Crippen LogP contribution >= 0.6 is 0 Å². The molecule has 1 aromatic rings. The van der Waals surface area contributed by atoms with E-state index in [1.54, 1.807) is 0 Å². The Morgan fingerprint density at radius 1 is 1.25 bits per heavy atom. The molecule has 1 aromatic carbocycles. The number of benzene rings is 1. The fraction of sp³-hybridized carbons (Fsp3) is 0.619. The minimum absolute atomic E-state index is 0.0211. The van der Waals surface area contributed by atoms with Crippen LogP contribution in [0.4, 0.5) is 21.0 Å². The van der Waals surface area contributed by atoms with Crippen molar-refractivity contribution in [1.82, 2.24) is 10.6 Å². The highest BCUT2D eigenvalue weighted by Gasteiger charge is 2.38. The van der Waals surface area contributed by atoms with E-state index < -0.39 is 11.7 Å². The second kappa shape index (κ2) is 7.18. The summed E-state index contributed by atoms with van der Waals surface area (Å²) >= 11 is 0. The van der Waals surface area contributed by atoms with E-state index >= 15 is 0 Å². The van der Waals surface area contributed by atoms with E-state index in [2.05, 4.69) is 33.0 Å². The van der Waals surface area contributed by atoms with Crippen LogP contribution in [0, 0.1) is 5.92 Å². The molecule has 152 valence electrons. The van der Waals surface area contributed by atoms with E-state index in [9.17, 15) is 9.59 Å².